The van der Waals surface area contributed by atoms with Crippen molar-refractivity contribution in [2.75, 3.05) is 78.5 Å². The van der Waals surface area contributed by atoms with Gasteiger partial charge in [0.25, 0.3) is 17.7 Å². The lowest BCUT2D eigenvalue weighted by Crippen LogP contribution is -2.49. The van der Waals surface area contributed by atoms with Crippen molar-refractivity contribution in [3.8, 4) is 0 Å². The normalized spacial score (nSPS) is 17.8. The third-order valence-corrected chi connectivity index (χ3v) is 10.4. The molecule has 0 bridgehead atoms. The van der Waals surface area contributed by atoms with Gasteiger partial charge in [0, 0.05) is 115 Å². The molecular weight excluding hydrogens is 637 g/mol. The average Bonchev–Trinajstić information content (AvgIpc) is 3.19. The van der Waals surface area contributed by atoms with E-state index in [1.165, 1.54) is 16.7 Å². The van der Waals surface area contributed by atoms with Crippen molar-refractivity contribution in [2.24, 2.45) is 0 Å². The summed E-state index contributed by atoms with van der Waals surface area (Å²) in [4.78, 5) is 54.8. The summed E-state index contributed by atoms with van der Waals surface area (Å²) < 4.78 is 0. The maximum Gasteiger partial charge on any atom is 0.253 e. The van der Waals surface area contributed by atoms with Crippen LogP contribution in [0.3, 0.4) is 0 Å². The highest BCUT2D eigenvalue weighted by Gasteiger charge is 2.29. The highest BCUT2D eigenvalue weighted by molar-refractivity contribution is 6.04. The van der Waals surface area contributed by atoms with E-state index in [2.05, 4.69) is 87.5 Å². The molecule has 0 aliphatic carbocycles. The molecule has 0 aromatic heterocycles. The summed E-state index contributed by atoms with van der Waals surface area (Å²) in [5.41, 5.74) is 5.00. The number of amides is 3. The standard InChI is InChI=1S/C42H48N6O3/c49-40(46-22-16-43(17-23-46)31-34-10-4-1-5-11-34)37-28-38(41(50)47-24-18-44(19-25-47)32-35-12-6-2-7-13-35)30-39(29-37)42(51)48-26-20-45(21-27-48)33-36-14-8-3-9-15-36/h1-15,28-30H,16-27,31-33H2. The second kappa shape index (κ2) is 16.5. The maximum atomic E-state index is 14.0. The van der Waals surface area contributed by atoms with E-state index in [1.807, 2.05) is 32.9 Å². The zero-order valence-corrected chi connectivity index (χ0v) is 29.4. The van der Waals surface area contributed by atoms with E-state index in [9.17, 15) is 14.4 Å². The Balaban J connectivity index is 1.04. The Kier molecular flexibility index (Phi) is 11.2. The monoisotopic (exact) mass is 684 g/mol. The Morgan fingerprint density at radius 2 is 0.588 bits per heavy atom. The van der Waals surface area contributed by atoms with Gasteiger partial charge >= 0.3 is 0 Å². The van der Waals surface area contributed by atoms with Crippen LogP contribution in [0.5, 0.6) is 0 Å². The summed E-state index contributed by atoms with van der Waals surface area (Å²) in [7, 11) is 0. The number of nitrogens with zero attached hydrogens (tertiary/aromatic N) is 6. The number of carbonyl (C=O) groups excluding carboxylic acids is 3. The summed E-state index contributed by atoms with van der Waals surface area (Å²) >= 11 is 0. The zero-order valence-electron chi connectivity index (χ0n) is 29.4. The molecule has 0 radical (unpaired) electrons. The van der Waals surface area contributed by atoms with E-state index >= 15 is 0 Å². The molecule has 0 saturated carbocycles. The van der Waals surface area contributed by atoms with Crippen molar-refractivity contribution in [2.45, 2.75) is 19.6 Å². The number of benzene rings is 4. The molecule has 0 atom stereocenters. The molecule has 3 aliphatic rings. The van der Waals surface area contributed by atoms with E-state index in [0.29, 0.717) is 56.0 Å². The molecule has 0 N–H and O–H groups in total. The molecule has 4 aromatic carbocycles. The Labute approximate surface area is 301 Å². The molecule has 51 heavy (non-hydrogen) atoms. The average molecular weight is 685 g/mol. The van der Waals surface area contributed by atoms with E-state index in [4.69, 9.17) is 0 Å². The van der Waals surface area contributed by atoms with Gasteiger partial charge < -0.3 is 14.7 Å². The van der Waals surface area contributed by atoms with Gasteiger partial charge in [-0.05, 0) is 34.9 Å². The number of rotatable bonds is 9. The minimum absolute atomic E-state index is 0.126. The first-order chi connectivity index (χ1) is 25.0. The molecule has 9 nitrogen and oxygen atoms in total. The van der Waals surface area contributed by atoms with Crippen molar-refractivity contribution >= 4 is 17.7 Å². The fraction of sp³-hybridized carbons (Fsp3) is 0.357. The van der Waals surface area contributed by atoms with Crippen molar-refractivity contribution in [1.82, 2.24) is 29.4 Å². The number of hydrogen-bond acceptors (Lipinski definition) is 6. The molecule has 264 valence electrons. The Morgan fingerprint density at radius 3 is 0.824 bits per heavy atom. The lowest BCUT2D eigenvalue weighted by Gasteiger charge is -2.36. The summed E-state index contributed by atoms with van der Waals surface area (Å²) in [6.45, 7) is 10.7. The van der Waals surface area contributed by atoms with Crippen LogP contribution < -0.4 is 0 Å². The first-order valence-electron chi connectivity index (χ1n) is 18.3. The molecule has 3 saturated heterocycles. The van der Waals surface area contributed by atoms with Crippen LogP contribution in [0.1, 0.15) is 47.8 Å². The SMILES string of the molecule is O=C(c1cc(C(=O)N2CCN(Cc3ccccc3)CC2)cc(C(=O)N2CCN(Cc3ccccc3)CC2)c1)N1CCN(Cc2ccccc2)CC1. The Bertz CT molecular complexity index is 1540. The van der Waals surface area contributed by atoms with Gasteiger partial charge in [0.1, 0.15) is 0 Å². The fourth-order valence-electron chi connectivity index (χ4n) is 7.40. The zero-order chi connectivity index (χ0) is 35.0. The molecule has 3 fully saturated rings. The van der Waals surface area contributed by atoms with Gasteiger partial charge in [-0.2, -0.15) is 0 Å². The molecule has 3 heterocycles. The van der Waals surface area contributed by atoms with Crippen LogP contribution in [0.2, 0.25) is 0 Å². The first kappa shape index (κ1) is 34.6. The topological polar surface area (TPSA) is 70.6 Å². The first-order valence-corrected chi connectivity index (χ1v) is 18.3. The van der Waals surface area contributed by atoms with Gasteiger partial charge in [-0.25, -0.2) is 0 Å². The van der Waals surface area contributed by atoms with Crippen molar-refractivity contribution in [3.05, 3.63) is 143 Å². The molecule has 0 spiro atoms. The smallest absolute Gasteiger partial charge is 0.253 e. The van der Waals surface area contributed by atoms with Gasteiger partial charge in [-0.15, -0.1) is 0 Å². The maximum absolute atomic E-state index is 14.0. The third-order valence-electron chi connectivity index (χ3n) is 10.4. The molecular formula is C42H48N6O3. The lowest BCUT2D eigenvalue weighted by atomic mass is 10.0. The van der Waals surface area contributed by atoms with Gasteiger partial charge in [0.05, 0.1) is 0 Å². The third kappa shape index (κ3) is 8.92. The van der Waals surface area contributed by atoms with Gasteiger partial charge in [0.15, 0.2) is 0 Å². The molecule has 4 aromatic rings. The van der Waals surface area contributed by atoms with Crippen LogP contribution in [0.25, 0.3) is 0 Å². The summed E-state index contributed by atoms with van der Waals surface area (Å²) in [6, 6.07) is 36.3. The Morgan fingerprint density at radius 1 is 0.353 bits per heavy atom. The van der Waals surface area contributed by atoms with E-state index in [1.54, 1.807) is 18.2 Å². The highest BCUT2D eigenvalue weighted by atomic mass is 16.2. The predicted molar refractivity (Wildman–Crippen MR) is 199 cm³/mol. The van der Waals surface area contributed by atoms with E-state index in [-0.39, 0.29) is 17.7 Å². The van der Waals surface area contributed by atoms with E-state index in [0.717, 1.165) is 58.9 Å². The minimum atomic E-state index is -0.126. The van der Waals surface area contributed by atoms with Crippen molar-refractivity contribution in [3.63, 3.8) is 0 Å². The van der Waals surface area contributed by atoms with Crippen LogP contribution in [0, 0.1) is 0 Å². The largest absolute Gasteiger partial charge is 0.336 e. The number of carbonyl (C=O) groups is 3. The molecule has 3 aliphatic heterocycles. The van der Waals surface area contributed by atoms with Gasteiger partial charge in [-0.1, -0.05) is 91.0 Å². The molecule has 3 amide bonds. The van der Waals surface area contributed by atoms with Gasteiger partial charge in [-0.3, -0.25) is 29.1 Å². The molecule has 9 heteroatoms. The predicted octanol–water partition coefficient (Wildman–Crippen LogP) is 4.56. The van der Waals surface area contributed by atoms with Crippen LogP contribution in [0.15, 0.2) is 109 Å². The van der Waals surface area contributed by atoms with Crippen LogP contribution in [-0.2, 0) is 19.6 Å². The molecule has 0 unspecified atom stereocenters. The summed E-state index contributed by atoms with van der Waals surface area (Å²) in [6.07, 6.45) is 0. The lowest BCUT2D eigenvalue weighted by molar-refractivity contribution is 0.0624. The summed E-state index contributed by atoms with van der Waals surface area (Å²) in [5.74, 6) is -0.379. The molecule has 7 rings (SSSR count). The highest BCUT2D eigenvalue weighted by Crippen LogP contribution is 2.21. The number of piperazine rings is 3. The fourth-order valence-corrected chi connectivity index (χ4v) is 7.40. The second-order valence-electron chi connectivity index (χ2n) is 14.0. The number of hydrogen-bond donors (Lipinski definition) is 0. The Hall–Kier alpha value is -4.83. The van der Waals surface area contributed by atoms with Crippen molar-refractivity contribution in [1.29, 1.82) is 0 Å². The van der Waals surface area contributed by atoms with Crippen LogP contribution >= 0.6 is 0 Å². The minimum Gasteiger partial charge on any atom is -0.336 e. The van der Waals surface area contributed by atoms with E-state index < -0.39 is 0 Å². The quantitative estimate of drug-likeness (QED) is 0.258. The summed E-state index contributed by atoms with van der Waals surface area (Å²) in [5, 5.41) is 0. The second-order valence-corrected chi connectivity index (χ2v) is 14.0. The van der Waals surface area contributed by atoms with Crippen LogP contribution in [0.4, 0.5) is 0 Å². The van der Waals surface area contributed by atoms with Crippen LogP contribution in [-0.4, -0.2) is 126 Å². The van der Waals surface area contributed by atoms with Gasteiger partial charge in [0.2, 0.25) is 0 Å². The van der Waals surface area contributed by atoms with Crippen molar-refractivity contribution < 1.29 is 14.4 Å².